The molecule has 150 valence electrons. The molecular formula is C19H21N7O3. The average Bonchev–Trinajstić information content (AvgIpc) is 3.28. The van der Waals surface area contributed by atoms with Crippen molar-refractivity contribution >= 4 is 17.2 Å². The molecule has 0 spiro atoms. The number of aryl methyl sites for hydroxylation is 1. The first-order valence-corrected chi connectivity index (χ1v) is 9.99. The van der Waals surface area contributed by atoms with Crippen LogP contribution in [-0.4, -0.2) is 35.6 Å². The predicted molar refractivity (Wildman–Crippen MR) is 105 cm³/mol. The van der Waals surface area contributed by atoms with E-state index >= 15 is 0 Å². The first kappa shape index (κ1) is 17.8. The number of rotatable bonds is 3. The molecule has 0 aromatic carbocycles. The van der Waals surface area contributed by atoms with Crippen molar-refractivity contribution in [1.82, 2.24) is 24.1 Å². The van der Waals surface area contributed by atoms with E-state index in [9.17, 15) is 14.9 Å². The maximum atomic E-state index is 12.8. The fraction of sp³-hybridized carbons (Fsp3) is 0.474. The van der Waals surface area contributed by atoms with Crippen LogP contribution >= 0.6 is 0 Å². The molecule has 10 nitrogen and oxygen atoms in total. The Labute approximate surface area is 166 Å². The molecule has 1 atom stereocenters. The van der Waals surface area contributed by atoms with Gasteiger partial charge >= 0.3 is 11.2 Å². The summed E-state index contributed by atoms with van der Waals surface area (Å²) in [6.45, 7) is 1.45. The molecular weight excluding hydrogens is 374 g/mol. The van der Waals surface area contributed by atoms with Crippen molar-refractivity contribution in [3.63, 3.8) is 0 Å². The quantitative estimate of drug-likeness (QED) is 0.494. The highest BCUT2D eigenvalue weighted by atomic mass is 16.6. The van der Waals surface area contributed by atoms with Gasteiger partial charge in [0.05, 0.1) is 11.0 Å². The third kappa shape index (κ3) is 2.86. The monoisotopic (exact) mass is 395 g/mol. The van der Waals surface area contributed by atoms with Gasteiger partial charge in [-0.1, -0.05) is 12.5 Å². The van der Waals surface area contributed by atoms with Crippen molar-refractivity contribution < 1.29 is 4.92 Å². The average molecular weight is 395 g/mol. The van der Waals surface area contributed by atoms with E-state index in [0.29, 0.717) is 12.2 Å². The van der Waals surface area contributed by atoms with Gasteiger partial charge in [-0.2, -0.15) is 0 Å². The summed E-state index contributed by atoms with van der Waals surface area (Å²) in [4.78, 5) is 30.4. The second-order valence-electron chi connectivity index (χ2n) is 7.56. The molecule has 3 aromatic heterocycles. The van der Waals surface area contributed by atoms with Crippen LogP contribution in [-0.2, 0) is 13.0 Å². The molecule has 0 N–H and O–H groups in total. The molecule has 0 aliphatic carbocycles. The maximum absolute atomic E-state index is 12.8. The maximum Gasteiger partial charge on any atom is 0.376 e. The van der Waals surface area contributed by atoms with Crippen molar-refractivity contribution in [2.24, 2.45) is 0 Å². The van der Waals surface area contributed by atoms with E-state index < -0.39 is 16.2 Å². The molecule has 2 aliphatic rings. The summed E-state index contributed by atoms with van der Waals surface area (Å²) >= 11 is 0. The van der Waals surface area contributed by atoms with Crippen LogP contribution in [0.4, 0.5) is 11.5 Å². The van der Waals surface area contributed by atoms with Gasteiger partial charge in [0.1, 0.15) is 11.5 Å². The summed E-state index contributed by atoms with van der Waals surface area (Å²) in [5.41, 5.74) is -0.763. The van der Waals surface area contributed by atoms with Gasteiger partial charge in [0.2, 0.25) is 5.82 Å². The summed E-state index contributed by atoms with van der Waals surface area (Å²) in [5.74, 6) is 1.92. The molecule has 1 saturated heterocycles. The van der Waals surface area contributed by atoms with Crippen LogP contribution in [0.3, 0.4) is 0 Å². The van der Waals surface area contributed by atoms with Crippen LogP contribution in [0.2, 0.25) is 0 Å². The Morgan fingerprint density at radius 1 is 1.10 bits per heavy atom. The molecule has 0 unspecified atom stereocenters. The summed E-state index contributed by atoms with van der Waals surface area (Å²) in [6.07, 6.45) is 7.37. The van der Waals surface area contributed by atoms with Gasteiger partial charge < -0.3 is 9.47 Å². The summed E-state index contributed by atoms with van der Waals surface area (Å²) in [7, 11) is 0. The summed E-state index contributed by atoms with van der Waals surface area (Å²) < 4.78 is 3.38. The smallest absolute Gasteiger partial charge is 0.340 e. The van der Waals surface area contributed by atoms with E-state index in [1.165, 1.54) is 10.6 Å². The Bertz CT molecular complexity index is 1150. The highest BCUT2D eigenvalue weighted by Crippen LogP contribution is 2.38. The normalized spacial score (nSPS) is 19.3. The second kappa shape index (κ2) is 6.94. The number of pyridine rings is 1. The molecule has 10 heteroatoms. The lowest BCUT2D eigenvalue weighted by atomic mass is 10.2. The van der Waals surface area contributed by atoms with Gasteiger partial charge in [-0.05, 0) is 37.8 Å². The molecule has 2 aliphatic heterocycles. The van der Waals surface area contributed by atoms with Crippen LogP contribution in [0.1, 0.15) is 49.8 Å². The van der Waals surface area contributed by atoms with Crippen molar-refractivity contribution in [3.8, 4) is 0 Å². The minimum atomic E-state index is -0.665. The standard InChI is InChI=1S/C19H21N7O3/c27-19-16(26(28)29)18(20-14-8-3-5-11-25(14)19)23-12-6-7-13(23)17-22-21-15-9-2-1-4-10-24(15)17/h3,5,8,11,13H,1-2,4,6-7,9-10,12H2/t13-/m0/s1. The van der Waals surface area contributed by atoms with Crippen LogP contribution in [0.5, 0.6) is 0 Å². The number of fused-ring (bicyclic) bond motifs is 2. The third-order valence-corrected chi connectivity index (χ3v) is 5.84. The Hall–Kier alpha value is -3.30. The molecule has 29 heavy (non-hydrogen) atoms. The third-order valence-electron chi connectivity index (χ3n) is 5.84. The van der Waals surface area contributed by atoms with Crippen LogP contribution in [0.25, 0.3) is 5.65 Å². The predicted octanol–water partition coefficient (Wildman–Crippen LogP) is 2.26. The van der Waals surface area contributed by atoms with E-state index in [1.54, 1.807) is 18.2 Å². The first-order valence-electron chi connectivity index (χ1n) is 9.99. The molecule has 0 saturated carbocycles. The molecule has 5 heterocycles. The fourth-order valence-electron chi connectivity index (χ4n) is 4.47. The highest BCUT2D eigenvalue weighted by molar-refractivity contribution is 5.62. The molecule has 0 bridgehead atoms. The van der Waals surface area contributed by atoms with Crippen LogP contribution in [0.15, 0.2) is 29.2 Å². The van der Waals surface area contributed by atoms with Crippen molar-refractivity contribution in [1.29, 1.82) is 0 Å². The zero-order valence-corrected chi connectivity index (χ0v) is 15.9. The SMILES string of the molecule is O=c1c([N+](=O)[O-])c(N2CCC[C@H]2c2nnc3n2CCCCC3)nc2ccccn12. The lowest BCUT2D eigenvalue weighted by Crippen LogP contribution is -2.30. The van der Waals surface area contributed by atoms with E-state index in [0.717, 1.165) is 56.7 Å². The lowest BCUT2D eigenvalue weighted by Gasteiger charge is -2.25. The van der Waals surface area contributed by atoms with Crippen molar-refractivity contribution in [3.05, 3.63) is 56.5 Å². The van der Waals surface area contributed by atoms with Crippen molar-refractivity contribution in [2.45, 2.75) is 51.1 Å². The summed E-state index contributed by atoms with van der Waals surface area (Å²) in [5, 5.41) is 20.6. The minimum absolute atomic E-state index is 0.125. The number of nitrogens with zero attached hydrogens (tertiary/aromatic N) is 7. The van der Waals surface area contributed by atoms with E-state index in [2.05, 4.69) is 19.7 Å². The lowest BCUT2D eigenvalue weighted by molar-refractivity contribution is -0.385. The van der Waals surface area contributed by atoms with Gasteiger partial charge in [-0.25, -0.2) is 4.98 Å². The van der Waals surface area contributed by atoms with E-state index in [-0.39, 0.29) is 11.9 Å². The van der Waals surface area contributed by atoms with Gasteiger partial charge in [0.15, 0.2) is 5.82 Å². The first-order chi connectivity index (χ1) is 14.1. The number of hydrogen-bond acceptors (Lipinski definition) is 7. The van der Waals surface area contributed by atoms with Gasteiger partial charge in [0, 0.05) is 25.7 Å². The Morgan fingerprint density at radius 3 is 2.86 bits per heavy atom. The number of anilines is 1. The molecule has 0 radical (unpaired) electrons. The molecule has 5 rings (SSSR count). The van der Waals surface area contributed by atoms with E-state index in [4.69, 9.17) is 0 Å². The summed E-state index contributed by atoms with van der Waals surface area (Å²) in [6, 6.07) is 4.93. The topological polar surface area (TPSA) is 111 Å². The second-order valence-corrected chi connectivity index (χ2v) is 7.56. The zero-order chi connectivity index (χ0) is 20.0. The van der Waals surface area contributed by atoms with E-state index in [1.807, 2.05) is 4.90 Å². The van der Waals surface area contributed by atoms with Crippen molar-refractivity contribution in [2.75, 3.05) is 11.4 Å². The molecule has 0 amide bonds. The van der Waals surface area contributed by atoms with Gasteiger partial charge in [-0.15, -0.1) is 10.2 Å². The van der Waals surface area contributed by atoms with Crippen LogP contribution < -0.4 is 10.5 Å². The van der Waals surface area contributed by atoms with Gasteiger partial charge in [-0.3, -0.25) is 19.3 Å². The highest BCUT2D eigenvalue weighted by Gasteiger charge is 2.37. The Kier molecular flexibility index (Phi) is 4.26. The molecule has 1 fully saturated rings. The van der Waals surface area contributed by atoms with Gasteiger partial charge in [0.25, 0.3) is 0 Å². The number of aromatic nitrogens is 5. The minimum Gasteiger partial charge on any atom is -0.340 e. The molecule has 3 aromatic rings. The number of hydrogen-bond donors (Lipinski definition) is 0. The zero-order valence-electron chi connectivity index (χ0n) is 15.9. The Balaban J connectivity index is 1.65. The van der Waals surface area contributed by atoms with Crippen LogP contribution in [0, 0.1) is 10.1 Å². The number of nitro groups is 1. The fourth-order valence-corrected chi connectivity index (χ4v) is 4.47. The largest absolute Gasteiger partial charge is 0.376 e. The Morgan fingerprint density at radius 2 is 2.00 bits per heavy atom.